The van der Waals surface area contributed by atoms with E-state index in [1.165, 1.54) is 19.0 Å². The lowest BCUT2D eigenvalue weighted by Gasteiger charge is -2.28. The minimum Gasteiger partial charge on any atom is -0.354 e. The van der Waals surface area contributed by atoms with Gasteiger partial charge in [0.05, 0.1) is 11.2 Å². The van der Waals surface area contributed by atoms with Gasteiger partial charge in [-0.3, -0.25) is 14.3 Å². The lowest BCUT2D eigenvalue weighted by molar-refractivity contribution is -0.123. The van der Waals surface area contributed by atoms with E-state index >= 15 is 0 Å². The molecule has 1 fully saturated rings. The fraction of sp³-hybridized carbons (Fsp3) is 0.545. The number of pyridine rings is 1. The fourth-order valence-corrected chi connectivity index (χ4v) is 4.82. The van der Waals surface area contributed by atoms with Crippen LogP contribution >= 0.6 is 11.6 Å². The third kappa shape index (κ3) is 4.67. The summed E-state index contributed by atoms with van der Waals surface area (Å²) in [6, 6.07) is 1.90. The number of carbonyl (C=O) groups is 2. The third-order valence-corrected chi connectivity index (χ3v) is 6.38. The summed E-state index contributed by atoms with van der Waals surface area (Å²) in [7, 11) is 0. The number of hydrogen-bond acceptors (Lipinski definition) is 4. The van der Waals surface area contributed by atoms with Gasteiger partial charge in [-0.05, 0) is 44.6 Å². The normalized spacial score (nSPS) is 21.4. The van der Waals surface area contributed by atoms with Crippen molar-refractivity contribution in [2.75, 3.05) is 5.32 Å². The molecule has 3 heterocycles. The quantitative estimate of drug-likeness (QED) is 0.769. The molecule has 0 radical (unpaired) electrons. The molecule has 4 rings (SSSR count). The second kappa shape index (κ2) is 9.16. The summed E-state index contributed by atoms with van der Waals surface area (Å²) in [6.45, 7) is 2.44. The summed E-state index contributed by atoms with van der Waals surface area (Å²) < 4.78 is 2.07. The lowest BCUT2D eigenvalue weighted by atomic mass is 9.85. The Bertz CT molecular complexity index is 942. The number of amides is 2. The molecule has 160 valence electrons. The van der Waals surface area contributed by atoms with E-state index in [0.29, 0.717) is 17.3 Å². The maximum atomic E-state index is 12.8. The standard InChI is InChI=1S/C22H28ClN5O2/c1-14(29)26-16-7-5-6-15(10-16)22(30)27-21-11-17(19(23)13-24-21)18-12-25-28-9-4-2-3-8-20(18)28/h11-13,15-16H,2-10H2,1H3,(H,26,29)(H,24,27,30). The van der Waals surface area contributed by atoms with Gasteiger partial charge in [0.1, 0.15) is 5.82 Å². The van der Waals surface area contributed by atoms with Gasteiger partial charge in [0.15, 0.2) is 0 Å². The molecule has 2 N–H and O–H groups in total. The number of aryl methyl sites for hydroxylation is 1. The van der Waals surface area contributed by atoms with Gasteiger partial charge in [-0.25, -0.2) is 4.98 Å². The van der Waals surface area contributed by atoms with Crippen molar-refractivity contribution in [3.8, 4) is 11.1 Å². The van der Waals surface area contributed by atoms with Crippen LogP contribution in [0.5, 0.6) is 0 Å². The van der Waals surface area contributed by atoms with Gasteiger partial charge in [-0.2, -0.15) is 5.10 Å². The van der Waals surface area contributed by atoms with E-state index < -0.39 is 0 Å². The highest BCUT2D eigenvalue weighted by Crippen LogP contribution is 2.34. The van der Waals surface area contributed by atoms with Crippen LogP contribution in [0, 0.1) is 5.92 Å². The van der Waals surface area contributed by atoms with Crippen LogP contribution in [0.25, 0.3) is 11.1 Å². The van der Waals surface area contributed by atoms with Gasteiger partial charge in [0.25, 0.3) is 0 Å². The SMILES string of the molecule is CC(=O)NC1CCCC(C(=O)Nc2cc(-c3cnn4c3CCCCC4)c(Cl)cn2)C1. The number of fused-ring (bicyclic) bond motifs is 1. The van der Waals surface area contributed by atoms with Crippen molar-refractivity contribution in [2.45, 2.75) is 70.9 Å². The molecule has 7 nitrogen and oxygen atoms in total. The first kappa shape index (κ1) is 20.8. The molecule has 2 atom stereocenters. The van der Waals surface area contributed by atoms with Crippen LogP contribution in [0.4, 0.5) is 5.82 Å². The molecule has 0 bridgehead atoms. The van der Waals surface area contributed by atoms with Crippen molar-refractivity contribution in [1.29, 1.82) is 0 Å². The molecule has 2 aromatic rings. The van der Waals surface area contributed by atoms with E-state index in [9.17, 15) is 9.59 Å². The predicted molar refractivity (Wildman–Crippen MR) is 116 cm³/mol. The number of aromatic nitrogens is 3. The Labute approximate surface area is 181 Å². The Kier molecular flexibility index (Phi) is 6.37. The van der Waals surface area contributed by atoms with Crippen LogP contribution in [0.15, 0.2) is 18.5 Å². The predicted octanol–water partition coefficient (Wildman–Crippen LogP) is 3.96. The van der Waals surface area contributed by atoms with Gasteiger partial charge in [0.2, 0.25) is 11.8 Å². The molecule has 2 aromatic heterocycles. The minimum atomic E-state index is -0.135. The summed E-state index contributed by atoms with van der Waals surface area (Å²) in [6.07, 6.45) is 11.2. The lowest BCUT2D eigenvalue weighted by Crippen LogP contribution is -2.40. The van der Waals surface area contributed by atoms with Crippen LogP contribution in [0.1, 0.15) is 57.6 Å². The van der Waals surface area contributed by atoms with Crippen molar-refractivity contribution >= 4 is 29.2 Å². The Morgan fingerprint density at radius 2 is 2.00 bits per heavy atom. The highest BCUT2D eigenvalue weighted by atomic mass is 35.5. The molecular weight excluding hydrogens is 402 g/mol. The second-order valence-electron chi connectivity index (χ2n) is 8.34. The molecule has 2 unspecified atom stereocenters. The Morgan fingerprint density at radius 3 is 2.83 bits per heavy atom. The number of carbonyl (C=O) groups excluding carboxylic acids is 2. The van der Waals surface area contributed by atoms with Crippen molar-refractivity contribution < 1.29 is 9.59 Å². The van der Waals surface area contributed by atoms with Gasteiger partial charge in [0, 0.05) is 48.4 Å². The fourth-order valence-electron chi connectivity index (χ4n) is 4.61. The third-order valence-electron chi connectivity index (χ3n) is 6.08. The molecule has 1 saturated carbocycles. The van der Waals surface area contributed by atoms with E-state index in [4.69, 9.17) is 11.6 Å². The molecule has 2 aliphatic rings. The summed E-state index contributed by atoms with van der Waals surface area (Å²) in [5.41, 5.74) is 3.07. The van der Waals surface area contributed by atoms with Crippen molar-refractivity contribution in [3.63, 3.8) is 0 Å². The molecule has 0 aromatic carbocycles. The molecule has 1 aliphatic heterocycles. The zero-order valence-electron chi connectivity index (χ0n) is 17.3. The Balaban J connectivity index is 1.51. The van der Waals surface area contributed by atoms with Crippen LogP contribution in [0.3, 0.4) is 0 Å². The van der Waals surface area contributed by atoms with Crippen LogP contribution in [-0.2, 0) is 22.6 Å². The van der Waals surface area contributed by atoms with Gasteiger partial charge < -0.3 is 10.6 Å². The monoisotopic (exact) mass is 429 g/mol. The maximum Gasteiger partial charge on any atom is 0.228 e. The molecule has 0 spiro atoms. The number of nitrogens with zero attached hydrogens (tertiary/aromatic N) is 3. The number of halogens is 1. The number of nitrogens with one attached hydrogen (secondary N) is 2. The first-order valence-electron chi connectivity index (χ1n) is 10.8. The first-order chi connectivity index (χ1) is 14.5. The van der Waals surface area contributed by atoms with Gasteiger partial charge in [-0.1, -0.05) is 24.4 Å². The first-order valence-corrected chi connectivity index (χ1v) is 11.2. The molecule has 0 saturated heterocycles. The number of rotatable bonds is 4. The van der Waals surface area contributed by atoms with E-state index in [1.54, 1.807) is 6.20 Å². The number of anilines is 1. The summed E-state index contributed by atoms with van der Waals surface area (Å²) in [5, 5.41) is 11.0. The summed E-state index contributed by atoms with van der Waals surface area (Å²) in [5.74, 6) is 0.253. The molecular formula is C22H28ClN5O2. The van der Waals surface area contributed by atoms with E-state index in [0.717, 1.165) is 56.2 Å². The average Bonchev–Trinajstić information content (AvgIpc) is 2.96. The average molecular weight is 430 g/mol. The van der Waals surface area contributed by atoms with Gasteiger partial charge in [-0.15, -0.1) is 0 Å². The van der Waals surface area contributed by atoms with Crippen LogP contribution in [0.2, 0.25) is 5.02 Å². The van der Waals surface area contributed by atoms with Crippen LogP contribution in [-0.4, -0.2) is 32.6 Å². The highest BCUT2D eigenvalue weighted by Gasteiger charge is 2.28. The second-order valence-corrected chi connectivity index (χ2v) is 8.75. The Hall–Kier alpha value is -2.41. The molecule has 30 heavy (non-hydrogen) atoms. The van der Waals surface area contributed by atoms with Crippen molar-refractivity contribution in [1.82, 2.24) is 20.1 Å². The topological polar surface area (TPSA) is 88.9 Å². The zero-order chi connectivity index (χ0) is 21.1. The van der Waals surface area contributed by atoms with Gasteiger partial charge >= 0.3 is 0 Å². The molecule has 1 aliphatic carbocycles. The van der Waals surface area contributed by atoms with E-state index in [1.807, 2.05) is 12.3 Å². The molecule has 2 amide bonds. The van der Waals surface area contributed by atoms with Crippen molar-refractivity contribution in [2.24, 2.45) is 5.92 Å². The highest BCUT2D eigenvalue weighted by molar-refractivity contribution is 6.33. The summed E-state index contributed by atoms with van der Waals surface area (Å²) in [4.78, 5) is 28.5. The van der Waals surface area contributed by atoms with Crippen molar-refractivity contribution in [3.05, 3.63) is 29.2 Å². The Morgan fingerprint density at radius 1 is 1.13 bits per heavy atom. The zero-order valence-corrected chi connectivity index (χ0v) is 18.0. The van der Waals surface area contributed by atoms with E-state index in [2.05, 4.69) is 25.4 Å². The van der Waals surface area contributed by atoms with E-state index in [-0.39, 0.29) is 23.8 Å². The largest absolute Gasteiger partial charge is 0.354 e. The smallest absolute Gasteiger partial charge is 0.228 e. The van der Waals surface area contributed by atoms with Crippen LogP contribution < -0.4 is 10.6 Å². The minimum absolute atomic E-state index is 0.0506. The molecule has 8 heteroatoms. The maximum absolute atomic E-state index is 12.8. The number of hydrogen-bond donors (Lipinski definition) is 2. The summed E-state index contributed by atoms with van der Waals surface area (Å²) >= 11 is 6.47.